The molecule has 0 unspecified atom stereocenters. The number of methoxy groups -OCH3 is 1. The van der Waals surface area contributed by atoms with E-state index in [0.717, 1.165) is 31.5 Å². The lowest BCUT2D eigenvalue weighted by molar-refractivity contribution is 0.0416. The zero-order valence-corrected chi connectivity index (χ0v) is 10.4. The predicted molar refractivity (Wildman–Crippen MR) is 63.5 cm³/mol. The van der Waals surface area contributed by atoms with E-state index in [0.29, 0.717) is 5.38 Å². The summed E-state index contributed by atoms with van der Waals surface area (Å²) < 4.78 is 5.18. The Hall–Kier alpha value is 0.210. The number of hydrogen-bond donors (Lipinski definition) is 0. The zero-order chi connectivity index (χ0) is 10.7. The SMILES string of the molecule is COCCN1CC[C@H](Cl)[C@@H]2CCCC[C@H]21. The number of piperidine rings is 1. The fraction of sp³-hybridized carbons (Fsp3) is 1.00. The Bertz CT molecular complexity index is 198. The molecule has 2 rings (SSSR count). The Labute approximate surface area is 97.9 Å². The van der Waals surface area contributed by atoms with Gasteiger partial charge in [0.05, 0.1) is 6.61 Å². The Morgan fingerprint density at radius 3 is 2.87 bits per heavy atom. The van der Waals surface area contributed by atoms with E-state index in [2.05, 4.69) is 4.90 Å². The summed E-state index contributed by atoms with van der Waals surface area (Å²) in [5.41, 5.74) is 0. The lowest BCUT2D eigenvalue weighted by Crippen LogP contribution is -2.51. The van der Waals surface area contributed by atoms with Gasteiger partial charge in [-0.25, -0.2) is 0 Å². The van der Waals surface area contributed by atoms with Gasteiger partial charge < -0.3 is 4.74 Å². The minimum absolute atomic E-state index is 0.425. The van der Waals surface area contributed by atoms with Gasteiger partial charge in [-0.1, -0.05) is 12.8 Å². The summed E-state index contributed by atoms with van der Waals surface area (Å²) in [5.74, 6) is 0.742. The topological polar surface area (TPSA) is 12.5 Å². The van der Waals surface area contributed by atoms with Crippen LogP contribution in [-0.4, -0.2) is 43.1 Å². The smallest absolute Gasteiger partial charge is 0.0589 e. The molecule has 0 aromatic rings. The van der Waals surface area contributed by atoms with Crippen molar-refractivity contribution in [2.24, 2.45) is 5.92 Å². The number of rotatable bonds is 3. The number of likely N-dealkylation sites (tertiary alicyclic amines) is 1. The van der Waals surface area contributed by atoms with Crippen LogP contribution in [0, 0.1) is 5.92 Å². The van der Waals surface area contributed by atoms with Crippen molar-refractivity contribution in [2.45, 2.75) is 43.5 Å². The van der Waals surface area contributed by atoms with Gasteiger partial charge in [0.2, 0.25) is 0 Å². The second kappa shape index (κ2) is 5.51. The summed E-state index contributed by atoms with van der Waals surface area (Å²) in [6, 6.07) is 0.741. The van der Waals surface area contributed by atoms with Crippen LogP contribution in [0.5, 0.6) is 0 Å². The molecule has 2 aliphatic rings. The van der Waals surface area contributed by atoms with Crippen LogP contribution >= 0.6 is 11.6 Å². The van der Waals surface area contributed by atoms with E-state index in [9.17, 15) is 0 Å². The van der Waals surface area contributed by atoms with Gasteiger partial charge in [0.1, 0.15) is 0 Å². The predicted octanol–water partition coefficient (Wildman–Crippen LogP) is 2.50. The van der Waals surface area contributed by atoms with E-state index in [1.165, 1.54) is 32.2 Å². The lowest BCUT2D eigenvalue weighted by Gasteiger charge is -2.46. The molecule has 1 aliphatic carbocycles. The highest BCUT2D eigenvalue weighted by Crippen LogP contribution is 2.37. The van der Waals surface area contributed by atoms with Gasteiger partial charge in [0.25, 0.3) is 0 Å². The highest BCUT2D eigenvalue weighted by Gasteiger charge is 2.37. The third kappa shape index (κ3) is 2.66. The third-order valence-electron chi connectivity index (χ3n) is 3.99. The standard InChI is InChI=1S/C12H22ClNO/c1-15-9-8-14-7-6-11(13)10-4-2-3-5-12(10)14/h10-12H,2-9H2,1H3/t10-,11-,12+/m0/s1. The Kier molecular flexibility index (Phi) is 4.30. The van der Waals surface area contributed by atoms with Gasteiger partial charge in [0, 0.05) is 25.1 Å². The first kappa shape index (κ1) is 11.7. The van der Waals surface area contributed by atoms with Crippen molar-refractivity contribution in [2.75, 3.05) is 26.8 Å². The maximum Gasteiger partial charge on any atom is 0.0589 e. The lowest BCUT2D eigenvalue weighted by atomic mass is 9.78. The van der Waals surface area contributed by atoms with E-state index in [4.69, 9.17) is 16.3 Å². The number of alkyl halides is 1. The largest absolute Gasteiger partial charge is 0.383 e. The minimum Gasteiger partial charge on any atom is -0.383 e. The molecule has 0 bridgehead atoms. The zero-order valence-electron chi connectivity index (χ0n) is 9.62. The summed E-state index contributed by atoms with van der Waals surface area (Å²) in [5, 5.41) is 0.425. The average molecular weight is 232 g/mol. The number of nitrogens with zero attached hydrogens (tertiary/aromatic N) is 1. The van der Waals surface area contributed by atoms with Crippen molar-refractivity contribution < 1.29 is 4.74 Å². The molecule has 0 aromatic carbocycles. The molecule has 1 saturated carbocycles. The molecule has 15 heavy (non-hydrogen) atoms. The number of hydrogen-bond acceptors (Lipinski definition) is 2. The summed E-state index contributed by atoms with van der Waals surface area (Å²) in [6.07, 6.45) is 6.60. The Morgan fingerprint density at radius 2 is 2.07 bits per heavy atom. The van der Waals surface area contributed by atoms with E-state index in [-0.39, 0.29) is 0 Å². The summed E-state index contributed by atoms with van der Waals surface area (Å²) in [6.45, 7) is 3.11. The Balaban J connectivity index is 1.94. The number of fused-ring (bicyclic) bond motifs is 1. The summed E-state index contributed by atoms with van der Waals surface area (Å²) >= 11 is 6.43. The molecule has 0 radical (unpaired) electrons. The molecule has 0 spiro atoms. The van der Waals surface area contributed by atoms with Crippen LogP contribution < -0.4 is 0 Å². The first-order chi connectivity index (χ1) is 7.33. The fourth-order valence-corrected chi connectivity index (χ4v) is 3.56. The molecule has 0 aromatic heterocycles. The molecule has 2 fully saturated rings. The molecule has 88 valence electrons. The fourth-order valence-electron chi connectivity index (χ4n) is 3.17. The maximum absolute atomic E-state index is 6.43. The van der Waals surface area contributed by atoms with Gasteiger partial charge in [0.15, 0.2) is 0 Å². The van der Waals surface area contributed by atoms with E-state index >= 15 is 0 Å². The Morgan fingerprint density at radius 1 is 1.27 bits per heavy atom. The van der Waals surface area contributed by atoms with Crippen LogP contribution in [0.25, 0.3) is 0 Å². The van der Waals surface area contributed by atoms with E-state index < -0.39 is 0 Å². The molecule has 0 N–H and O–H groups in total. The van der Waals surface area contributed by atoms with Crippen molar-refractivity contribution in [1.29, 1.82) is 0 Å². The first-order valence-electron chi connectivity index (χ1n) is 6.20. The van der Waals surface area contributed by atoms with Gasteiger partial charge in [-0.15, -0.1) is 11.6 Å². The van der Waals surface area contributed by atoms with Crippen LogP contribution in [0.4, 0.5) is 0 Å². The summed E-state index contributed by atoms with van der Waals surface area (Å²) in [4.78, 5) is 2.60. The van der Waals surface area contributed by atoms with Crippen LogP contribution in [-0.2, 0) is 4.74 Å². The highest BCUT2D eigenvalue weighted by molar-refractivity contribution is 6.20. The van der Waals surface area contributed by atoms with Crippen molar-refractivity contribution in [3.05, 3.63) is 0 Å². The second-order valence-electron chi connectivity index (χ2n) is 4.85. The molecule has 1 aliphatic heterocycles. The molecule has 3 atom stereocenters. The second-order valence-corrected chi connectivity index (χ2v) is 5.41. The molecule has 3 heteroatoms. The average Bonchev–Trinajstić information content (AvgIpc) is 2.29. The van der Waals surface area contributed by atoms with Crippen molar-refractivity contribution in [3.63, 3.8) is 0 Å². The third-order valence-corrected chi connectivity index (χ3v) is 4.53. The first-order valence-corrected chi connectivity index (χ1v) is 6.63. The molecular weight excluding hydrogens is 210 g/mol. The highest BCUT2D eigenvalue weighted by atomic mass is 35.5. The van der Waals surface area contributed by atoms with Crippen LogP contribution in [0.3, 0.4) is 0 Å². The van der Waals surface area contributed by atoms with Crippen LogP contribution in [0.15, 0.2) is 0 Å². The van der Waals surface area contributed by atoms with Gasteiger partial charge in [-0.05, 0) is 31.7 Å². The van der Waals surface area contributed by atoms with Crippen molar-refractivity contribution >= 4 is 11.6 Å². The van der Waals surface area contributed by atoms with Crippen molar-refractivity contribution in [1.82, 2.24) is 4.90 Å². The molecular formula is C12H22ClNO. The maximum atomic E-state index is 6.43. The van der Waals surface area contributed by atoms with Gasteiger partial charge in [-0.3, -0.25) is 4.90 Å². The van der Waals surface area contributed by atoms with E-state index in [1.807, 2.05) is 0 Å². The van der Waals surface area contributed by atoms with E-state index in [1.54, 1.807) is 7.11 Å². The van der Waals surface area contributed by atoms with Crippen LogP contribution in [0.1, 0.15) is 32.1 Å². The summed E-state index contributed by atoms with van der Waals surface area (Å²) in [7, 11) is 1.78. The number of halogens is 1. The van der Waals surface area contributed by atoms with Crippen molar-refractivity contribution in [3.8, 4) is 0 Å². The quantitative estimate of drug-likeness (QED) is 0.693. The monoisotopic (exact) mass is 231 g/mol. The number of ether oxygens (including phenoxy) is 1. The molecule has 1 saturated heterocycles. The van der Waals surface area contributed by atoms with Gasteiger partial charge >= 0.3 is 0 Å². The van der Waals surface area contributed by atoms with Gasteiger partial charge in [-0.2, -0.15) is 0 Å². The molecule has 0 amide bonds. The normalized spacial score (nSPS) is 37.6. The molecule has 2 nitrogen and oxygen atoms in total. The van der Waals surface area contributed by atoms with Crippen LogP contribution in [0.2, 0.25) is 0 Å². The molecule has 1 heterocycles. The minimum atomic E-state index is 0.425.